The third-order valence-corrected chi connectivity index (χ3v) is 4.67. The highest BCUT2D eigenvalue weighted by Gasteiger charge is 2.21. The molecule has 9 heteroatoms. The minimum Gasteiger partial charge on any atom is -0.493 e. The number of amides is 1. The maximum Gasteiger partial charge on any atom is 0.340 e. The molecule has 0 spiro atoms. The Morgan fingerprint density at radius 1 is 1.03 bits per heavy atom. The first kappa shape index (κ1) is 21.1. The molecule has 0 atom stereocenters. The van der Waals surface area contributed by atoms with Gasteiger partial charge in [0.25, 0.3) is 5.91 Å². The molecule has 30 heavy (non-hydrogen) atoms. The Morgan fingerprint density at radius 3 is 2.30 bits per heavy atom. The number of benzene rings is 1. The van der Waals surface area contributed by atoms with E-state index in [1.54, 1.807) is 23.9 Å². The van der Waals surface area contributed by atoms with Gasteiger partial charge in [0.2, 0.25) is 0 Å². The second-order valence-corrected chi connectivity index (χ2v) is 6.92. The second-order valence-electron chi connectivity index (χ2n) is 6.92. The van der Waals surface area contributed by atoms with Gasteiger partial charge in [0.1, 0.15) is 0 Å². The van der Waals surface area contributed by atoms with E-state index in [1.807, 2.05) is 13.8 Å². The number of nitrogens with zero attached hydrogens (tertiary/aromatic N) is 3. The topological polar surface area (TPSA) is 105 Å². The maximum atomic E-state index is 13.0. The summed E-state index contributed by atoms with van der Waals surface area (Å²) in [6, 6.07) is 4.85. The fourth-order valence-corrected chi connectivity index (χ4v) is 3.12. The Hall–Kier alpha value is -3.62. The molecule has 0 aliphatic carbocycles. The fraction of sp³-hybridized carbons (Fsp3) is 0.333. The lowest BCUT2D eigenvalue weighted by Gasteiger charge is -2.15. The normalized spacial score (nSPS) is 10.9. The van der Waals surface area contributed by atoms with E-state index in [9.17, 15) is 9.59 Å². The zero-order chi connectivity index (χ0) is 22.0. The van der Waals surface area contributed by atoms with Crippen molar-refractivity contribution < 1.29 is 23.8 Å². The number of anilines is 1. The lowest BCUT2D eigenvalue weighted by atomic mass is 10.1. The van der Waals surface area contributed by atoms with Crippen LogP contribution in [0.1, 0.15) is 46.3 Å². The Morgan fingerprint density at radius 2 is 1.70 bits per heavy atom. The summed E-state index contributed by atoms with van der Waals surface area (Å²) in [7, 11) is 4.19. The van der Waals surface area contributed by atoms with E-state index < -0.39 is 11.9 Å². The van der Waals surface area contributed by atoms with Crippen LogP contribution in [0, 0.1) is 6.92 Å². The average Bonchev–Trinajstić information content (AvgIpc) is 3.14. The molecular weight excluding hydrogens is 388 g/mol. The summed E-state index contributed by atoms with van der Waals surface area (Å²) >= 11 is 0. The minimum absolute atomic E-state index is 0.141. The van der Waals surface area contributed by atoms with E-state index in [0.29, 0.717) is 28.4 Å². The van der Waals surface area contributed by atoms with Crippen LogP contribution < -0.4 is 14.8 Å². The largest absolute Gasteiger partial charge is 0.493 e. The van der Waals surface area contributed by atoms with Crippen molar-refractivity contribution in [3.05, 3.63) is 41.2 Å². The molecule has 0 unspecified atom stereocenters. The van der Waals surface area contributed by atoms with Gasteiger partial charge >= 0.3 is 5.97 Å². The van der Waals surface area contributed by atoms with E-state index in [-0.39, 0.29) is 17.3 Å². The molecule has 1 amide bonds. The van der Waals surface area contributed by atoms with Gasteiger partial charge in [0, 0.05) is 23.6 Å². The van der Waals surface area contributed by atoms with Crippen LogP contribution in [0.15, 0.2) is 24.4 Å². The number of rotatable bonds is 6. The number of hydrogen-bond donors (Lipinski definition) is 1. The van der Waals surface area contributed by atoms with Crippen LogP contribution in [-0.2, 0) is 4.74 Å². The van der Waals surface area contributed by atoms with Crippen LogP contribution in [0.25, 0.3) is 11.0 Å². The summed E-state index contributed by atoms with van der Waals surface area (Å²) in [6.07, 6.45) is 1.68. The predicted molar refractivity (Wildman–Crippen MR) is 111 cm³/mol. The van der Waals surface area contributed by atoms with Crippen molar-refractivity contribution in [2.75, 3.05) is 26.6 Å². The molecule has 0 fully saturated rings. The Bertz CT molecular complexity index is 1120. The van der Waals surface area contributed by atoms with Crippen molar-refractivity contribution in [2.24, 2.45) is 0 Å². The number of aryl methyl sites for hydroxylation is 1. The van der Waals surface area contributed by atoms with Crippen molar-refractivity contribution in [3.8, 4) is 11.5 Å². The zero-order valence-electron chi connectivity index (χ0n) is 17.8. The third kappa shape index (κ3) is 3.78. The standard InChI is InChI=1S/C21H24N4O5/c1-11(2)25-19-13(10-22-25)7-14(12(3)23-19)20(26)24-16-9-18(29-5)17(28-4)8-15(16)21(27)30-6/h7-11H,1-6H3,(H,24,26). The quantitative estimate of drug-likeness (QED) is 0.619. The lowest BCUT2D eigenvalue weighted by Crippen LogP contribution is -2.17. The molecule has 1 aromatic carbocycles. The number of carbonyl (C=O) groups excluding carboxylic acids is 2. The number of carbonyl (C=O) groups is 2. The Balaban J connectivity index is 2.03. The monoisotopic (exact) mass is 412 g/mol. The summed E-state index contributed by atoms with van der Waals surface area (Å²) in [4.78, 5) is 29.8. The first-order valence-electron chi connectivity index (χ1n) is 9.31. The van der Waals surface area contributed by atoms with Gasteiger partial charge in [-0.15, -0.1) is 0 Å². The van der Waals surface area contributed by atoms with Crippen LogP contribution in [0.3, 0.4) is 0 Å². The van der Waals surface area contributed by atoms with Crippen molar-refractivity contribution >= 4 is 28.6 Å². The molecule has 2 heterocycles. The Kier molecular flexibility index (Phi) is 5.91. The molecule has 3 aromatic rings. The number of esters is 1. The smallest absolute Gasteiger partial charge is 0.340 e. The minimum atomic E-state index is -0.616. The molecule has 0 radical (unpaired) electrons. The van der Waals surface area contributed by atoms with E-state index in [2.05, 4.69) is 15.4 Å². The summed E-state index contributed by atoms with van der Waals surface area (Å²) in [6.45, 7) is 5.77. The van der Waals surface area contributed by atoms with Crippen LogP contribution in [0.4, 0.5) is 5.69 Å². The van der Waals surface area contributed by atoms with Gasteiger partial charge < -0.3 is 19.5 Å². The van der Waals surface area contributed by atoms with Crippen LogP contribution in [-0.4, -0.2) is 48.0 Å². The average molecular weight is 412 g/mol. The molecule has 0 saturated heterocycles. The van der Waals surface area contributed by atoms with E-state index in [0.717, 1.165) is 5.39 Å². The summed E-state index contributed by atoms with van der Waals surface area (Å²) in [5, 5.41) is 7.85. The molecular formula is C21H24N4O5. The summed E-state index contributed by atoms with van der Waals surface area (Å²) in [5.41, 5.74) is 2.00. The summed E-state index contributed by atoms with van der Waals surface area (Å²) < 4.78 is 17.2. The van der Waals surface area contributed by atoms with Crippen LogP contribution in [0.5, 0.6) is 11.5 Å². The fourth-order valence-electron chi connectivity index (χ4n) is 3.12. The van der Waals surface area contributed by atoms with E-state index in [1.165, 1.54) is 33.5 Å². The van der Waals surface area contributed by atoms with Crippen LogP contribution in [0.2, 0.25) is 0 Å². The van der Waals surface area contributed by atoms with Crippen LogP contribution >= 0.6 is 0 Å². The van der Waals surface area contributed by atoms with Crippen molar-refractivity contribution in [1.82, 2.24) is 14.8 Å². The van der Waals surface area contributed by atoms with E-state index >= 15 is 0 Å². The lowest BCUT2D eigenvalue weighted by molar-refractivity contribution is 0.0601. The number of hydrogen-bond acceptors (Lipinski definition) is 7. The number of pyridine rings is 1. The van der Waals surface area contributed by atoms with Gasteiger partial charge in [-0.25, -0.2) is 14.5 Å². The van der Waals surface area contributed by atoms with E-state index in [4.69, 9.17) is 14.2 Å². The van der Waals surface area contributed by atoms with Gasteiger partial charge in [0.15, 0.2) is 17.1 Å². The third-order valence-electron chi connectivity index (χ3n) is 4.67. The van der Waals surface area contributed by atoms with Gasteiger partial charge in [-0.05, 0) is 26.8 Å². The predicted octanol–water partition coefficient (Wildman–Crippen LogP) is 3.38. The number of ether oxygens (including phenoxy) is 3. The number of nitrogens with one attached hydrogen (secondary N) is 1. The van der Waals surface area contributed by atoms with Gasteiger partial charge in [-0.1, -0.05) is 0 Å². The molecule has 2 aromatic heterocycles. The highest BCUT2D eigenvalue weighted by atomic mass is 16.5. The molecule has 1 N–H and O–H groups in total. The molecule has 0 aliphatic heterocycles. The van der Waals surface area contributed by atoms with Crippen molar-refractivity contribution in [2.45, 2.75) is 26.8 Å². The highest BCUT2D eigenvalue weighted by Crippen LogP contribution is 2.34. The Labute approximate surface area is 173 Å². The maximum absolute atomic E-state index is 13.0. The molecule has 3 rings (SSSR count). The van der Waals surface area contributed by atoms with Gasteiger partial charge in [-0.3, -0.25) is 4.79 Å². The molecule has 158 valence electrons. The van der Waals surface area contributed by atoms with Crippen molar-refractivity contribution in [3.63, 3.8) is 0 Å². The first-order chi connectivity index (χ1) is 14.3. The number of fused-ring (bicyclic) bond motifs is 1. The molecule has 0 saturated carbocycles. The van der Waals surface area contributed by atoms with Crippen molar-refractivity contribution in [1.29, 1.82) is 0 Å². The molecule has 9 nitrogen and oxygen atoms in total. The summed E-state index contributed by atoms with van der Waals surface area (Å²) in [5.74, 6) is -0.327. The van der Waals surface area contributed by atoms with Gasteiger partial charge in [0.05, 0.1) is 50.0 Å². The SMILES string of the molecule is COC(=O)c1cc(OC)c(OC)cc1NC(=O)c1cc2cnn(C(C)C)c2nc1C. The highest BCUT2D eigenvalue weighted by molar-refractivity contribution is 6.10. The molecule has 0 bridgehead atoms. The second kappa shape index (κ2) is 8.40. The zero-order valence-corrected chi connectivity index (χ0v) is 17.8. The van der Waals surface area contributed by atoms with Gasteiger partial charge in [-0.2, -0.15) is 5.10 Å². The first-order valence-corrected chi connectivity index (χ1v) is 9.31. The molecule has 0 aliphatic rings. The number of methoxy groups -OCH3 is 3. The number of aromatic nitrogens is 3.